The highest BCUT2D eigenvalue weighted by Crippen LogP contribution is 2.00. The monoisotopic (exact) mass is 240 g/mol. The molecule has 0 spiro atoms. The first-order chi connectivity index (χ1) is 7.54. The van der Waals surface area contributed by atoms with E-state index in [1.54, 1.807) is 24.1 Å². The lowest BCUT2D eigenvalue weighted by atomic mass is 10.1. The summed E-state index contributed by atoms with van der Waals surface area (Å²) in [6.07, 6.45) is 4.88. The highest BCUT2D eigenvalue weighted by atomic mass is 32.1. The van der Waals surface area contributed by atoms with Crippen molar-refractivity contribution in [1.82, 2.24) is 14.9 Å². The van der Waals surface area contributed by atoms with Crippen LogP contribution in [-0.2, 0) is 7.05 Å². The SMILES string of the molecule is CCCC(NC(=O)c1cn(C)cn1)C(N)=S. The minimum atomic E-state index is -0.255. The number of carbonyl (C=O) groups is 1. The van der Waals surface area contributed by atoms with Gasteiger partial charge in [-0.3, -0.25) is 4.79 Å². The zero-order chi connectivity index (χ0) is 12.1. The second kappa shape index (κ2) is 5.60. The molecule has 1 unspecified atom stereocenters. The molecule has 6 heteroatoms. The summed E-state index contributed by atoms with van der Waals surface area (Å²) in [4.78, 5) is 16.0. The van der Waals surface area contributed by atoms with Crippen molar-refractivity contribution >= 4 is 23.1 Å². The number of carbonyl (C=O) groups excluding carboxylic acids is 1. The van der Waals surface area contributed by atoms with E-state index in [1.165, 1.54) is 0 Å². The molecule has 0 bridgehead atoms. The predicted octanol–water partition coefficient (Wildman–Crippen LogP) is 0.605. The number of rotatable bonds is 5. The largest absolute Gasteiger partial charge is 0.392 e. The Morgan fingerprint density at radius 1 is 1.75 bits per heavy atom. The number of hydrogen-bond acceptors (Lipinski definition) is 3. The van der Waals surface area contributed by atoms with E-state index in [1.807, 2.05) is 6.92 Å². The Morgan fingerprint density at radius 3 is 2.88 bits per heavy atom. The van der Waals surface area contributed by atoms with E-state index in [9.17, 15) is 4.79 Å². The summed E-state index contributed by atoms with van der Waals surface area (Å²) in [6, 6.07) is -0.255. The van der Waals surface area contributed by atoms with Crippen LogP contribution in [0, 0.1) is 0 Å². The van der Waals surface area contributed by atoms with Gasteiger partial charge in [0.15, 0.2) is 0 Å². The van der Waals surface area contributed by atoms with E-state index in [0.717, 1.165) is 12.8 Å². The fraction of sp³-hybridized carbons (Fsp3) is 0.500. The van der Waals surface area contributed by atoms with E-state index in [2.05, 4.69) is 10.3 Å². The number of aromatic nitrogens is 2. The first-order valence-corrected chi connectivity index (χ1v) is 5.53. The number of nitrogens with two attached hydrogens (primary N) is 1. The average Bonchev–Trinajstić information content (AvgIpc) is 2.64. The Labute approximate surface area is 100 Å². The van der Waals surface area contributed by atoms with Gasteiger partial charge in [0.05, 0.1) is 17.4 Å². The molecule has 1 heterocycles. The lowest BCUT2D eigenvalue weighted by Crippen LogP contribution is -2.43. The van der Waals surface area contributed by atoms with E-state index < -0.39 is 0 Å². The second-order valence-electron chi connectivity index (χ2n) is 3.64. The standard InChI is InChI=1S/C10H16N4OS/c1-3-4-7(9(11)16)13-10(15)8-5-14(2)6-12-8/h5-7H,3-4H2,1-2H3,(H2,11,16)(H,13,15). The molecule has 88 valence electrons. The van der Waals surface area contributed by atoms with E-state index in [4.69, 9.17) is 18.0 Å². The molecule has 0 aromatic carbocycles. The molecular formula is C10H16N4OS. The normalized spacial score (nSPS) is 12.1. The molecule has 1 amide bonds. The van der Waals surface area contributed by atoms with Gasteiger partial charge in [-0.25, -0.2) is 4.98 Å². The fourth-order valence-corrected chi connectivity index (χ4v) is 1.51. The molecule has 16 heavy (non-hydrogen) atoms. The summed E-state index contributed by atoms with van der Waals surface area (Å²) in [6.45, 7) is 2.01. The smallest absolute Gasteiger partial charge is 0.272 e. The van der Waals surface area contributed by atoms with Gasteiger partial charge in [-0.1, -0.05) is 25.6 Å². The molecule has 3 N–H and O–H groups in total. The first kappa shape index (κ1) is 12.6. The van der Waals surface area contributed by atoms with Gasteiger partial charge in [0.25, 0.3) is 5.91 Å². The molecule has 5 nitrogen and oxygen atoms in total. The quantitative estimate of drug-likeness (QED) is 0.739. The number of thiocarbonyl (C=S) groups is 1. The van der Waals surface area contributed by atoms with Crippen molar-refractivity contribution < 1.29 is 4.79 Å². The third-order valence-corrected chi connectivity index (χ3v) is 2.45. The van der Waals surface area contributed by atoms with Crippen molar-refractivity contribution in [3.63, 3.8) is 0 Å². The van der Waals surface area contributed by atoms with Crippen LogP contribution in [-0.4, -0.2) is 26.5 Å². The molecule has 1 rings (SSSR count). The number of amides is 1. The fourth-order valence-electron chi connectivity index (χ4n) is 1.34. The van der Waals surface area contributed by atoms with Crippen LogP contribution < -0.4 is 11.1 Å². The van der Waals surface area contributed by atoms with Gasteiger partial charge in [-0.2, -0.15) is 0 Å². The van der Waals surface area contributed by atoms with Crippen LogP contribution in [0.1, 0.15) is 30.3 Å². The second-order valence-corrected chi connectivity index (χ2v) is 4.11. The van der Waals surface area contributed by atoms with Crippen LogP contribution in [0.15, 0.2) is 12.5 Å². The van der Waals surface area contributed by atoms with Gasteiger partial charge in [0.2, 0.25) is 0 Å². The van der Waals surface area contributed by atoms with Crippen molar-refractivity contribution in [3.8, 4) is 0 Å². The van der Waals surface area contributed by atoms with Crippen LogP contribution in [0.3, 0.4) is 0 Å². The Bertz CT molecular complexity index is 388. The maximum absolute atomic E-state index is 11.7. The summed E-state index contributed by atoms with van der Waals surface area (Å²) >= 11 is 4.89. The summed E-state index contributed by atoms with van der Waals surface area (Å²) in [5.74, 6) is -0.244. The number of aryl methyl sites for hydroxylation is 1. The Balaban J connectivity index is 2.65. The van der Waals surface area contributed by atoms with E-state index in [-0.39, 0.29) is 11.9 Å². The summed E-state index contributed by atoms with van der Waals surface area (Å²) in [5.41, 5.74) is 5.92. The van der Waals surface area contributed by atoms with Crippen molar-refractivity contribution in [2.75, 3.05) is 0 Å². The lowest BCUT2D eigenvalue weighted by molar-refractivity contribution is 0.0941. The van der Waals surface area contributed by atoms with E-state index in [0.29, 0.717) is 10.7 Å². The van der Waals surface area contributed by atoms with Crippen molar-refractivity contribution in [1.29, 1.82) is 0 Å². The molecule has 0 fully saturated rings. The van der Waals surface area contributed by atoms with Crippen LogP contribution >= 0.6 is 12.2 Å². The lowest BCUT2D eigenvalue weighted by Gasteiger charge is -2.15. The maximum atomic E-state index is 11.7. The van der Waals surface area contributed by atoms with Gasteiger partial charge < -0.3 is 15.6 Å². The molecule has 0 aliphatic rings. The highest BCUT2D eigenvalue weighted by molar-refractivity contribution is 7.80. The molecule has 1 aromatic rings. The van der Waals surface area contributed by atoms with Crippen LogP contribution in [0.4, 0.5) is 0 Å². The first-order valence-electron chi connectivity index (χ1n) is 5.12. The molecule has 1 atom stereocenters. The third kappa shape index (κ3) is 3.30. The number of nitrogens with zero attached hydrogens (tertiary/aromatic N) is 2. The summed E-state index contributed by atoms with van der Waals surface area (Å²) in [7, 11) is 1.81. The highest BCUT2D eigenvalue weighted by Gasteiger charge is 2.16. The maximum Gasteiger partial charge on any atom is 0.272 e. The molecular weight excluding hydrogens is 224 g/mol. The number of hydrogen-bond donors (Lipinski definition) is 2. The molecule has 0 aliphatic carbocycles. The van der Waals surface area contributed by atoms with Gasteiger partial charge in [-0.15, -0.1) is 0 Å². The van der Waals surface area contributed by atoms with Crippen molar-refractivity contribution in [2.24, 2.45) is 12.8 Å². The molecule has 1 aromatic heterocycles. The zero-order valence-electron chi connectivity index (χ0n) is 9.43. The third-order valence-electron chi connectivity index (χ3n) is 2.16. The Kier molecular flexibility index (Phi) is 4.42. The predicted molar refractivity (Wildman–Crippen MR) is 66.2 cm³/mol. The zero-order valence-corrected chi connectivity index (χ0v) is 10.3. The van der Waals surface area contributed by atoms with Crippen LogP contribution in [0.2, 0.25) is 0 Å². The Morgan fingerprint density at radius 2 is 2.44 bits per heavy atom. The van der Waals surface area contributed by atoms with Gasteiger partial charge in [-0.05, 0) is 6.42 Å². The minimum absolute atomic E-state index is 0.244. The topological polar surface area (TPSA) is 72.9 Å². The van der Waals surface area contributed by atoms with Gasteiger partial charge in [0, 0.05) is 13.2 Å². The van der Waals surface area contributed by atoms with Crippen molar-refractivity contribution in [3.05, 3.63) is 18.2 Å². The molecule has 0 radical (unpaired) electrons. The summed E-state index contributed by atoms with van der Waals surface area (Å²) < 4.78 is 1.71. The summed E-state index contributed by atoms with van der Waals surface area (Å²) in [5, 5.41) is 2.77. The molecule has 0 saturated carbocycles. The van der Waals surface area contributed by atoms with Gasteiger partial charge in [0.1, 0.15) is 5.69 Å². The van der Waals surface area contributed by atoms with E-state index >= 15 is 0 Å². The Hall–Kier alpha value is -1.43. The van der Waals surface area contributed by atoms with Crippen molar-refractivity contribution in [2.45, 2.75) is 25.8 Å². The van der Waals surface area contributed by atoms with Gasteiger partial charge >= 0.3 is 0 Å². The average molecular weight is 240 g/mol. The molecule has 0 aliphatic heterocycles. The number of imidazole rings is 1. The number of nitrogens with one attached hydrogen (secondary N) is 1. The minimum Gasteiger partial charge on any atom is -0.392 e. The van der Waals surface area contributed by atoms with Crippen LogP contribution in [0.25, 0.3) is 0 Å². The van der Waals surface area contributed by atoms with Crippen LogP contribution in [0.5, 0.6) is 0 Å². The molecule has 0 saturated heterocycles.